The third-order valence-electron chi connectivity index (χ3n) is 6.90. The zero-order valence-electron chi connectivity index (χ0n) is 23.8. The van der Waals surface area contributed by atoms with Gasteiger partial charge in [-0.15, -0.1) is 0 Å². The molecule has 0 heterocycles. The molecule has 0 N–H and O–H groups in total. The lowest BCUT2D eigenvalue weighted by molar-refractivity contribution is 0.125. The van der Waals surface area contributed by atoms with Crippen molar-refractivity contribution in [3.63, 3.8) is 0 Å². The molecular formula is C32H50O5. The molecule has 5 heteroatoms. The van der Waals surface area contributed by atoms with Crippen molar-refractivity contribution in [3.05, 3.63) is 47.5 Å². The van der Waals surface area contributed by atoms with Crippen LogP contribution in [-0.4, -0.2) is 41.7 Å². The first kappa shape index (κ1) is 30.8. The van der Waals surface area contributed by atoms with Crippen LogP contribution in [0.2, 0.25) is 0 Å². The predicted octanol–water partition coefficient (Wildman–Crippen LogP) is 8.20. The molecule has 5 nitrogen and oxygen atoms in total. The Balaban J connectivity index is 1.34. The van der Waals surface area contributed by atoms with Crippen molar-refractivity contribution in [1.82, 2.24) is 0 Å². The number of ether oxygens (including phenoxy) is 5. The van der Waals surface area contributed by atoms with Crippen LogP contribution in [0.3, 0.4) is 0 Å². The molecule has 0 fully saturated rings. The second kappa shape index (κ2) is 19.7. The smallest absolute Gasteiger partial charge is 0.160 e. The van der Waals surface area contributed by atoms with Gasteiger partial charge in [-0.2, -0.15) is 0 Å². The maximum Gasteiger partial charge on any atom is 0.160 e. The largest absolute Gasteiger partial charge is 0.493 e. The van der Waals surface area contributed by atoms with E-state index >= 15 is 0 Å². The highest BCUT2D eigenvalue weighted by molar-refractivity contribution is 5.43. The number of methoxy groups -OCH3 is 4. The molecule has 0 aliphatic rings. The second-order valence-electron chi connectivity index (χ2n) is 9.73. The normalized spacial score (nSPS) is 10.9. The molecule has 0 atom stereocenters. The van der Waals surface area contributed by atoms with Gasteiger partial charge in [0.1, 0.15) is 0 Å². The number of aryl methyl sites for hydroxylation is 2. The monoisotopic (exact) mass is 514 g/mol. The highest BCUT2D eigenvalue weighted by Gasteiger charge is 2.05. The summed E-state index contributed by atoms with van der Waals surface area (Å²) >= 11 is 0. The van der Waals surface area contributed by atoms with E-state index in [0.29, 0.717) is 0 Å². The van der Waals surface area contributed by atoms with E-state index in [1.165, 1.54) is 88.2 Å². The number of benzene rings is 2. The molecule has 208 valence electrons. The Morgan fingerprint density at radius 1 is 0.405 bits per heavy atom. The van der Waals surface area contributed by atoms with Crippen LogP contribution in [0.4, 0.5) is 0 Å². The standard InChI is InChI=1S/C32H50O5/c1-33-29-21-19-27(25-31(29)35-3)17-13-9-5-7-11-15-23-37-24-16-12-8-6-10-14-18-28-20-22-30(34-2)32(26-28)36-4/h19-22,25-26H,5-18,23-24H2,1-4H3. The number of hydrogen-bond acceptors (Lipinski definition) is 5. The molecule has 0 aliphatic heterocycles. The quantitative estimate of drug-likeness (QED) is 0.148. The first-order valence-corrected chi connectivity index (χ1v) is 14.2. The lowest BCUT2D eigenvalue weighted by atomic mass is 10.0. The summed E-state index contributed by atoms with van der Waals surface area (Å²) in [5.74, 6) is 3.24. The third kappa shape index (κ3) is 12.6. The van der Waals surface area contributed by atoms with Gasteiger partial charge in [0.15, 0.2) is 23.0 Å². The van der Waals surface area contributed by atoms with Crippen LogP contribution in [0.1, 0.15) is 88.2 Å². The van der Waals surface area contributed by atoms with Crippen molar-refractivity contribution in [2.45, 2.75) is 89.9 Å². The Morgan fingerprint density at radius 2 is 0.757 bits per heavy atom. The zero-order chi connectivity index (χ0) is 26.6. The zero-order valence-corrected chi connectivity index (χ0v) is 23.8. The maximum absolute atomic E-state index is 5.84. The molecule has 2 aromatic carbocycles. The molecule has 37 heavy (non-hydrogen) atoms. The second-order valence-corrected chi connectivity index (χ2v) is 9.73. The lowest BCUT2D eigenvalue weighted by Crippen LogP contribution is -1.97. The summed E-state index contributed by atoms with van der Waals surface area (Å²) in [5.41, 5.74) is 2.64. The molecule has 0 saturated carbocycles. The number of unbranched alkanes of at least 4 members (excludes halogenated alkanes) is 10. The molecule has 0 spiro atoms. The first-order valence-electron chi connectivity index (χ1n) is 14.2. The summed E-state index contributed by atoms with van der Waals surface area (Å²) < 4.78 is 27.2. The van der Waals surface area contributed by atoms with Crippen LogP contribution in [0.25, 0.3) is 0 Å². The Bertz CT molecular complexity index is 782. The Kier molecular flexibility index (Phi) is 16.4. The fourth-order valence-corrected chi connectivity index (χ4v) is 4.66. The summed E-state index contributed by atoms with van der Waals surface area (Å²) in [6.07, 6.45) is 17.3. The van der Waals surface area contributed by atoms with Gasteiger partial charge in [0.2, 0.25) is 0 Å². The fourth-order valence-electron chi connectivity index (χ4n) is 4.66. The van der Waals surface area contributed by atoms with E-state index in [-0.39, 0.29) is 0 Å². The SMILES string of the molecule is COc1ccc(CCCCCCCCOCCCCCCCCc2ccc(OC)c(OC)c2)cc1OC. The van der Waals surface area contributed by atoms with E-state index in [4.69, 9.17) is 23.7 Å². The van der Waals surface area contributed by atoms with Gasteiger partial charge in [-0.1, -0.05) is 63.5 Å². The van der Waals surface area contributed by atoms with Gasteiger partial charge >= 0.3 is 0 Å². The minimum absolute atomic E-state index is 0.798. The molecule has 0 amide bonds. The summed E-state index contributed by atoms with van der Waals surface area (Å²) in [6, 6.07) is 12.5. The van der Waals surface area contributed by atoms with Crippen molar-refractivity contribution < 1.29 is 23.7 Å². The van der Waals surface area contributed by atoms with Crippen LogP contribution in [0, 0.1) is 0 Å². The fraction of sp³-hybridized carbons (Fsp3) is 0.625. The van der Waals surface area contributed by atoms with E-state index in [9.17, 15) is 0 Å². The van der Waals surface area contributed by atoms with Gasteiger partial charge in [0.25, 0.3) is 0 Å². The predicted molar refractivity (Wildman–Crippen MR) is 153 cm³/mol. The van der Waals surface area contributed by atoms with Crippen LogP contribution < -0.4 is 18.9 Å². The van der Waals surface area contributed by atoms with E-state index in [1.807, 2.05) is 12.1 Å². The van der Waals surface area contributed by atoms with Gasteiger partial charge in [0.05, 0.1) is 28.4 Å². The van der Waals surface area contributed by atoms with Crippen LogP contribution in [0.15, 0.2) is 36.4 Å². The van der Waals surface area contributed by atoms with Crippen molar-refractivity contribution in [3.8, 4) is 23.0 Å². The average molecular weight is 515 g/mol. The highest BCUT2D eigenvalue weighted by atomic mass is 16.5. The minimum atomic E-state index is 0.798. The molecule has 0 bridgehead atoms. The molecule has 0 aromatic heterocycles. The first-order chi connectivity index (χ1) is 18.2. The molecule has 0 saturated heterocycles. The Hall–Kier alpha value is -2.40. The maximum atomic E-state index is 5.84. The van der Waals surface area contributed by atoms with Crippen LogP contribution in [0.5, 0.6) is 23.0 Å². The highest BCUT2D eigenvalue weighted by Crippen LogP contribution is 2.29. The summed E-state index contributed by atoms with van der Waals surface area (Å²) in [5, 5.41) is 0. The van der Waals surface area contributed by atoms with Gasteiger partial charge in [-0.05, 0) is 73.9 Å². The third-order valence-corrected chi connectivity index (χ3v) is 6.90. The molecule has 0 aliphatic carbocycles. The summed E-state index contributed by atoms with van der Waals surface area (Å²) in [6.45, 7) is 1.83. The van der Waals surface area contributed by atoms with Crippen LogP contribution in [-0.2, 0) is 17.6 Å². The summed E-state index contributed by atoms with van der Waals surface area (Å²) in [4.78, 5) is 0. The number of hydrogen-bond donors (Lipinski definition) is 0. The van der Waals surface area contributed by atoms with Crippen molar-refractivity contribution in [2.24, 2.45) is 0 Å². The molecular weight excluding hydrogens is 464 g/mol. The lowest BCUT2D eigenvalue weighted by Gasteiger charge is -2.09. The van der Waals surface area contributed by atoms with Gasteiger partial charge in [-0.3, -0.25) is 0 Å². The van der Waals surface area contributed by atoms with Crippen molar-refractivity contribution in [2.75, 3.05) is 41.7 Å². The van der Waals surface area contributed by atoms with E-state index in [2.05, 4.69) is 24.3 Å². The number of rotatable bonds is 22. The summed E-state index contributed by atoms with van der Waals surface area (Å²) in [7, 11) is 6.74. The van der Waals surface area contributed by atoms with Crippen LogP contribution >= 0.6 is 0 Å². The molecule has 0 unspecified atom stereocenters. The van der Waals surface area contributed by atoms with E-state index < -0.39 is 0 Å². The van der Waals surface area contributed by atoms with Crippen molar-refractivity contribution >= 4 is 0 Å². The van der Waals surface area contributed by atoms with Gasteiger partial charge in [0, 0.05) is 13.2 Å². The van der Waals surface area contributed by atoms with Crippen molar-refractivity contribution in [1.29, 1.82) is 0 Å². The molecule has 2 aromatic rings. The molecule has 0 radical (unpaired) electrons. The molecule has 2 rings (SSSR count). The average Bonchev–Trinajstić information content (AvgIpc) is 2.94. The van der Waals surface area contributed by atoms with Gasteiger partial charge < -0.3 is 23.7 Å². The van der Waals surface area contributed by atoms with Gasteiger partial charge in [-0.25, -0.2) is 0 Å². The minimum Gasteiger partial charge on any atom is -0.493 e. The van der Waals surface area contributed by atoms with E-state index in [0.717, 1.165) is 49.1 Å². The Labute approximate surface area is 225 Å². The Morgan fingerprint density at radius 3 is 1.14 bits per heavy atom. The van der Waals surface area contributed by atoms with E-state index in [1.54, 1.807) is 28.4 Å². The topological polar surface area (TPSA) is 46.2 Å².